The fourth-order valence-electron chi connectivity index (χ4n) is 3.36. The van der Waals surface area contributed by atoms with Gasteiger partial charge in [0.25, 0.3) is 17.0 Å². The second-order valence-electron chi connectivity index (χ2n) is 7.88. The number of rotatable bonds is 8. The maximum atomic E-state index is 12.9. The summed E-state index contributed by atoms with van der Waals surface area (Å²) >= 11 is 6.77. The Hall–Kier alpha value is -4.42. The Morgan fingerprint density at radius 2 is 2.00 bits per heavy atom. The monoisotopic (exact) mass is 554 g/mol. The van der Waals surface area contributed by atoms with E-state index in [-0.39, 0.29) is 28.0 Å². The molecular weight excluding hydrogens is 536 g/mol. The zero-order chi connectivity index (χ0) is 27.4. The molecule has 1 aromatic heterocycles. The average molecular weight is 555 g/mol. The summed E-state index contributed by atoms with van der Waals surface area (Å²) in [7, 11) is 1.38. The molecule has 0 atom stereocenters. The van der Waals surface area contributed by atoms with Gasteiger partial charge in [-0.1, -0.05) is 23.7 Å². The van der Waals surface area contributed by atoms with Crippen LogP contribution in [0.2, 0.25) is 5.02 Å². The molecule has 3 aromatic rings. The van der Waals surface area contributed by atoms with E-state index in [1.165, 1.54) is 43.6 Å². The molecule has 1 saturated heterocycles. The largest absolute Gasteiger partial charge is 0.493 e. The number of pyridine rings is 1. The van der Waals surface area contributed by atoms with Gasteiger partial charge in [-0.25, -0.2) is 4.98 Å². The number of carbonyl (C=O) groups is 3. The van der Waals surface area contributed by atoms with Crippen LogP contribution in [-0.2, 0) is 9.59 Å². The van der Waals surface area contributed by atoms with Crippen LogP contribution in [0, 0.1) is 17.0 Å². The van der Waals surface area contributed by atoms with E-state index in [0.717, 1.165) is 10.5 Å². The van der Waals surface area contributed by atoms with Gasteiger partial charge < -0.3 is 14.8 Å². The number of anilines is 1. The number of aromatic nitrogens is 1. The summed E-state index contributed by atoms with van der Waals surface area (Å²) in [6.45, 7) is 1.36. The number of nitrogens with zero attached hydrogens (tertiary/aromatic N) is 3. The molecule has 194 valence electrons. The Morgan fingerprint density at radius 3 is 2.71 bits per heavy atom. The molecule has 1 aliphatic heterocycles. The number of halogens is 1. The number of nitrogens with one attached hydrogen (secondary N) is 1. The molecule has 0 unspecified atom stereocenters. The van der Waals surface area contributed by atoms with Gasteiger partial charge in [-0.05, 0) is 66.2 Å². The van der Waals surface area contributed by atoms with Crippen LogP contribution in [0.3, 0.4) is 0 Å². The van der Waals surface area contributed by atoms with Gasteiger partial charge in [0.05, 0.1) is 16.9 Å². The minimum Gasteiger partial charge on any atom is -0.493 e. The maximum Gasteiger partial charge on any atom is 0.331 e. The molecule has 2 heterocycles. The van der Waals surface area contributed by atoms with Crippen LogP contribution in [0.1, 0.15) is 11.1 Å². The van der Waals surface area contributed by atoms with E-state index in [1.807, 2.05) is 6.92 Å². The van der Waals surface area contributed by atoms with Crippen molar-refractivity contribution in [3.8, 4) is 17.4 Å². The summed E-state index contributed by atoms with van der Waals surface area (Å²) in [6, 6.07) is 12.3. The third-order valence-electron chi connectivity index (χ3n) is 5.27. The summed E-state index contributed by atoms with van der Waals surface area (Å²) in [4.78, 5) is 53.2. The number of methoxy groups -OCH3 is 1. The highest BCUT2D eigenvalue weighted by Crippen LogP contribution is 2.37. The number of ether oxygens (including phenoxy) is 2. The van der Waals surface area contributed by atoms with Gasteiger partial charge in [0.2, 0.25) is 5.91 Å². The van der Waals surface area contributed by atoms with Crippen molar-refractivity contribution in [2.45, 2.75) is 6.92 Å². The molecule has 1 aliphatic rings. The summed E-state index contributed by atoms with van der Waals surface area (Å²) in [5.41, 5.74) is 1.46. The number of hydrogen-bond donors (Lipinski definition) is 1. The molecule has 0 saturated carbocycles. The molecule has 0 radical (unpaired) electrons. The lowest BCUT2D eigenvalue weighted by atomic mass is 10.2. The maximum absolute atomic E-state index is 12.9. The molecule has 0 spiro atoms. The van der Waals surface area contributed by atoms with Gasteiger partial charge in [0, 0.05) is 23.0 Å². The summed E-state index contributed by atoms with van der Waals surface area (Å²) < 4.78 is 10.9. The lowest BCUT2D eigenvalue weighted by Gasteiger charge is -2.13. The van der Waals surface area contributed by atoms with Crippen molar-refractivity contribution in [3.05, 3.63) is 85.9 Å². The van der Waals surface area contributed by atoms with Crippen LogP contribution in [0.4, 0.5) is 16.2 Å². The summed E-state index contributed by atoms with van der Waals surface area (Å²) in [5.74, 6) is -1.02. The highest BCUT2D eigenvalue weighted by Gasteiger charge is 2.36. The van der Waals surface area contributed by atoms with Gasteiger partial charge in [-0.3, -0.25) is 29.4 Å². The Bertz CT molecular complexity index is 1490. The van der Waals surface area contributed by atoms with E-state index in [4.69, 9.17) is 21.1 Å². The Kier molecular flexibility index (Phi) is 7.93. The quantitative estimate of drug-likeness (QED) is 0.219. The van der Waals surface area contributed by atoms with Crippen LogP contribution in [0.5, 0.6) is 17.4 Å². The first-order chi connectivity index (χ1) is 18.2. The molecule has 13 heteroatoms. The predicted molar refractivity (Wildman–Crippen MR) is 141 cm³/mol. The van der Waals surface area contributed by atoms with Crippen molar-refractivity contribution in [2.24, 2.45) is 0 Å². The molecule has 0 bridgehead atoms. The molecular formula is C25H19ClN4O7S. The minimum absolute atomic E-state index is 0.109. The van der Waals surface area contributed by atoms with Crippen molar-refractivity contribution in [3.63, 3.8) is 0 Å². The Labute approximate surface area is 225 Å². The van der Waals surface area contributed by atoms with Gasteiger partial charge >= 0.3 is 5.69 Å². The van der Waals surface area contributed by atoms with E-state index < -0.39 is 28.5 Å². The number of nitro groups is 1. The predicted octanol–water partition coefficient (Wildman–Crippen LogP) is 5.43. The Morgan fingerprint density at radius 1 is 1.21 bits per heavy atom. The number of aryl methyl sites for hydroxylation is 1. The van der Waals surface area contributed by atoms with Crippen LogP contribution < -0.4 is 14.8 Å². The van der Waals surface area contributed by atoms with Crippen molar-refractivity contribution < 1.29 is 28.8 Å². The van der Waals surface area contributed by atoms with Crippen molar-refractivity contribution in [1.29, 1.82) is 0 Å². The fraction of sp³-hybridized carbons (Fsp3) is 0.120. The van der Waals surface area contributed by atoms with Gasteiger partial charge in [-0.2, -0.15) is 0 Å². The molecule has 2 aromatic carbocycles. The number of hydrogen-bond acceptors (Lipinski definition) is 9. The number of amides is 3. The molecule has 1 N–H and O–H groups in total. The van der Waals surface area contributed by atoms with E-state index in [9.17, 15) is 24.5 Å². The van der Waals surface area contributed by atoms with Crippen molar-refractivity contribution in [1.82, 2.24) is 9.88 Å². The van der Waals surface area contributed by atoms with Gasteiger partial charge in [0.15, 0.2) is 11.5 Å². The summed E-state index contributed by atoms with van der Waals surface area (Å²) in [5, 5.41) is 13.7. The highest BCUT2D eigenvalue weighted by molar-refractivity contribution is 8.18. The molecule has 1 fully saturated rings. The van der Waals surface area contributed by atoms with Crippen LogP contribution in [0.25, 0.3) is 6.08 Å². The van der Waals surface area contributed by atoms with E-state index in [0.29, 0.717) is 28.0 Å². The zero-order valence-electron chi connectivity index (χ0n) is 20.0. The van der Waals surface area contributed by atoms with Crippen LogP contribution >= 0.6 is 23.4 Å². The Balaban J connectivity index is 1.48. The SMILES string of the molecule is COc1cc(/C=C2/SC(=O)N(CC(=O)Nc3ccc(C)c(Cl)c3)C2=O)ccc1Oc1ncccc1[N+](=O)[O-]. The number of benzene rings is 2. The van der Waals surface area contributed by atoms with E-state index in [1.54, 1.807) is 24.3 Å². The number of carbonyl (C=O) groups excluding carboxylic acids is 3. The number of imide groups is 1. The first kappa shape index (κ1) is 26.6. The second kappa shape index (κ2) is 11.3. The highest BCUT2D eigenvalue weighted by atomic mass is 35.5. The lowest BCUT2D eigenvalue weighted by molar-refractivity contribution is -0.386. The van der Waals surface area contributed by atoms with E-state index >= 15 is 0 Å². The first-order valence-corrected chi connectivity index (χ1v) is 12.1. The fourth-order valence-corrected chi connectivity index (χ4v) is 4.38. The van der Waals surface area contributed by atoms with Crippen LogP contribution in [-0.4, -0.2) is 45.5 Å². The third kappa shape index (κ3) is 5.93. The second-order valence-corrected chi connectivity index (χ2v) is 9.28. The third-order valence-corrected chi connectivity index (χ3v) is 6.59. The molecule has 3 amide bonds. The smallest absolute Gasteiger partial charge is 0.331 e. The van der Waals surface area contributed by atoms with Gasteiger partial charge in [0.1, 0.15) is 6.54 Å². The molecule has 0 aliphatic carbocycles. The van der Waals surface area contributed by atoms with Gasteiger partial charge in [-0.15, -0.1) is 0 Å². The standard InChI is InChI=1S/C25H19ClN4O7S/c1-14-5-7-16(12-17(14)26)28-22(31)13-29-24(32)21(38-25(29)33)11-15-6-8-19(20(10-15)36-2)37-23-18(30(34)35)4-3-9-27-23/h3-12H,13H2,1-2H3,(H,28,31)/b21-11+. The summed E-state index contributed by atoms with van der Waals surface area (Å²) in [6.07, 6.45) is 2.83. The number of thioether (sulfide) groups is 1. The topological polar surface area (TPSA) is 141 Å². The lowest BCUT2D eigenvalue weighted by Crippen LogP contribution is -2.36. The normalized spacial score (nSPS) is 14.1. The van der Waals surface area contributed by atoms with Crippen molar-refractivity contribution >= 4 is 57.9 Å². The molecule has 38 heavy (non-hydrogen) atoms. The van der Waals surface area contributed by atoms with Crippen molar-refractivity contribution in [2.75, 3.05) is 19.0 Å². The average Bonchev–Trinajstić information content (AvgIpc) is 3.14. The molecule has 4 rings (SSSR count). The zero-order valence-corrected chi connectivity index (χ0v) is 21.5. The van der Waals surface area contributed by atoms with Crippen LogP contribution in [0.15, 0.2) is 59.6 Å². The first-order valence-electron chi connectivity index (χ1n) is 10.9. The minimum atomic E-state index is -0.625. The van der Waals surface area contributed by atoms with E-state index in [2.05, 4.69) is 10.3 Å². The molecule has 11 nitrogen and oxygen atoms in total.